The number of carbonyl (C=O) groups excluding carboxylic acids is 1. The number of benzene rings is 2. The molecule has 2 aliphatic rings. The van der Waals surface area contributed by atoms with Crippen molar-refractivity contribution in [1.82, 2.24) is 5.32 Å². The summed E-state index contributed by atoms with van der Waals surface area (Å²) in [7, 11) is 1.55. The van der Waals surface area contributed by atoms with Crippen molar-refractivity contribution in [3.8, 4) is 11.5 Å². The Balaban J connectivity index is 1.43. The smallest absolute Gasteiger partial charge is 0.319 e. The molecule has 2 aromatic rings. The Morgan fingerprint density at radius 1 is 1.14 bits per heavy atom. The molecule has 2 bridgehead atoms. The number of aliphatic hydroxyl groups excluding tert-OH is 1. The zero-order valence-electron chi connectivity index (χ0n) is 15.3. The monoisotopic (exact) mass is 386 g/mol. The molecule has 0 aliphatic carbocycles. The van der Waals surface area contributed by atoms with E-state index in [9.17, 15) is 9.90 Å². The van der Waals surface area contributed by atoms with E-state index in [1.54, 1.807) is 43.5 Å². The van der Waals surface area contributed by atoms with Gasteiger partial charge in [-0.15, -0.1) is 0 Å². The number of methoxy groups -OCH3 is 1. The molecule has 2 aliphatic heterocycles. The van der Waals surface area contributed by atoms with Gasteiger partial charge in [-0.1, -0.05) is 24.3 Å². The maximum Gasteiger partial charge on any atom is 0.319 e. The summed E-state index contributed by atoms with van der Waals surface area (Å²) >= 11 is 0. The van der Waals surface area contributed by atoms with Gasteiger partial charge in [-0.25, -0.2) is 4.79 Å². The predicted molar refractivity (Wildman–Crippen MR) is 100 cm³/mol. The molecule has 148 valence electrons. The number of nitrogens with one attached hydrogen (secondary N) is 2. The molecule has 2 amide bonds. The van der Waals surface area contributed by atoms with Crippen molar-refractivity contribution in [3.05, 3.63) is 54.6 Å². The van der Waals surface area contributed by atoms with Gasteiger partial charge in [-0.3, -0.25) is 0 Å². The van der Waals surface area contributed by atoms with E-state index in [1.807, 2.05) is 18.2 Å². The van der Waals surface area contributed by atoms with Crippen molar-refractivity contribution in [3.63, 3.8) is 0 Å². The van der Waals surface area contributed by atoms with Crippen LogP contribution in [0.2, 0.25) is 0 Å². The number of aliphatic hydroxyl groups is 1. The molecular formula is C20H22N2O6. The van der Waals surface area contributed by atoms with Crippen LogP contribution >= 0.6 is 0 Å². The van der Waals surface area contributed by atoms with Gasteiger partial charge < -0.3 is 34.7 Å². The van der Waals surface area contributed by atoms with Crippen molar-refractivity contribution in [2.24, 2.45) is 0 Å². The number of fused-ring (bicyclic) bond motifs is 2. The molecule has 4 rings (SSSR count). The Bertz CT molecular complexity index is 817. The fourth-order valence-corrected chi connectivity index (χ4v) is 3.37. The molecule has 28 heavy (non-hydrogen) atoms. The molecule has 2 heterocycles. The molecule has 8 heteroatoms. The highest BCUT2D eigenvalue weighted by Gasteiger charge is 2.52. The van der Waals surface area contributed by atoms with Crippen molar-refractivity contribution in [1.29, 1.82) is 0 Å². The normalized spacial score (nSPS) is 28.4. The number of hydrogen-bond acceptors (Lipinski definition) is 6. The lowest BCUT2D eigenvalue weighted by Gasteiger charge is -2.38. The molecule has 2 saturated heterocycles. The highest BCUT2D eigenvalue weighted by atomic mass is 16.7. The maximum atomic E-state index is 12.5. The van der Waals surface area contributed by atoms with E-state index in [0.29, 0.717) is 17.2 Å². The van der Waals surface area contributed by atoms with Gasteiger partial charge in [-0.2, -0.15) is 0 Å². The van der Waals surface area contributed by atoms with Gasteiger partial charge in [0.2, 0.25) is 0 Å². The topological polar surface area (TPSA) is 98.3 Å². The predicted octanol–water partition coefficient (Wildman–Crippen LogP) is 1.75. The molecule has 8 nitrogen and oxygen atoms in total. The summed E-state index contributed by atoms with van der Waals surface area (Å²) in [5, 5.41) is 16.3. The lowest BCUT2D eigenvalue weighted by Crippen LogP contribution is -2.62. The number of anilines is 1. The van der Waals surface area contributed by atoms with E-state index in [2.05, 4.69) is 10.6 Å². The van der Waals surface area contributed by atoms with Crippen LogP contribution in [0.3, 0.4) is 0 Å². The largest absolute Gasteiger partial charge is 0.497 e. The van der Waals surface area contributed by atoms with Crippen LogP contribution < -0.4 is 20.1 Å². The molecule has 2 fully saturated rings. The summed E-state index contributed by atoms with van der Waals surface area (Å²) in [6, 6.07) is 14.9. The second-order valence-electron chi connectivity index (χ2n) is 6.62. The molecular weight excluding hydrogens is 364 g/mol. The van der Waals surface area contributed by atoms with E-state index < -0.39 is 36.7 Å². The Morgan fingerprint density at radius 3 is 2.71 bits per heavy atom. The number of amides is 2. The van der Waals surface area contributed by atoms with Crippen molar-refractivity contribution < 1.29 is 28.8 Å². The van der Waals surface area contributed by atoms with Gasteiger partial charge >= 0.3 is 6.03 Å². The average molecular weight is 386 g/mol. The van der Waals surface area contributed by atoms with Crippen LogP contribution in [0.1, 0.15) is 0 Å². The molecule has 0 aromatic heterocycles. The highest BCUT2D eigenvalue weighted by Crippen LogP contribution is 2.31. The van der Waals surface area contributed by atoms with Crippen LogP contribution in [0, 0.1) is 0 Å². The molecule has 0 spiro atoms. The number of ether oxygens (including phenoxy) is 4. The van der Waals surface area contributed by atoms with Gasteiger partial charge in [0, 0.05) is 11.8 Å². The lowest BCUT2D eigenvalue weighted by atomic mass is 9.98. The number of rotatable bonds is 5. The molecule has 3 N–H and O–H groups in total. The number of hydrogen-bond donors (Lipinski definition) is 3. The second kappa shape index (κ2) is 8.05. The summed E-state index contributed by atoms with van der Waals surface area (Å²) in [5.74, 6) is 1.21. The van der Waals surface area contributed by atoms with Gasteiger partial charge in [0.1, 0.15) is 23.7 Å². The number of para-hydroxylation sites is 1. The van der Waals surface area contributed by atoms with E-state index >= 15 is 0 Å². The third-order valence-corrected chi connectivity index (χ3v) is 4.75. The molecule has 2 aromatic carbocycles. The third kappa shape index (κ3) is 3.89. The summed E-state index contributed by atoms with van der Waals surface area (Å²) in [6.07, 6.45) is -2.89. The summed E-state index contributed by atoms with van der Waals surface area (Å²) in [5.41, 5.74) is 0.570. The first-order chi connectivity index (χ1) is 13.6. The van der Waals surface area contributed by atoms with Gasteiger partial charge in [-0.05, 0) is 24.3 Å². The SMILES string of the molecule is COc1cccc(NC(=O)NC2C3COC(O3)C(Oc3ccccc3)C2O)c1. The highest BCUT2D eigenvalue weighted by molar-refractivity contribution is 5.89. The van der Waals surface area contributed by atoms with Crippen molar-refractivity contribution in [2.45, 2.75) is 30.6 Å². The van der Waals surface area contributed by atoms with Crippen LogP contribution in [-0.4, -0.2) is 55.5 Å². The lowest BCUT2D eigenvalue weighted by molar-refractivity contribution is -0.192. The van der Waals surface area contributed by atoms with Crippen molar-refractivity contribution >= 4 is 11.7 Å². The van der Waals surface area contributed by atoms with E-state index in [4.69, 9.17) is 18.9 Å². The third-order valence-electron chi connectivity index (χ3n) is 4.75. The summed E-state index contributed by atoms with van der Waals surface area (Å²) in [6.45, 7) is 0.264. The van der Waals surface area contributed by atoms with Crippen LogP contribution in [0.15, 0.2) is 54.6 Å². The van der Waals surface area contributed by atoms with Gasteiger partial charge in [0.15, 0.2) is 12.4 Å². The Kier molecular flexibility index (Phi) is 5.34. The van der Waals surface area contributed by atoms with E-state index in [0.717, 1.165) is 0 Å². The standard InChI is InChI=1S/C20H22N2O6/c1-25-14-9-5-6-12(10-14)21-20(24)22-16-15-11-26-19(28-15)18(17(16)23)27-13-7-3-2-4-8-13/h2-10,15-19,23H,11H2,1H3,(H2,21,22,24). The fraction of sp³-hybridized carbons (Fsp3) is 0.350. The van der Waals surface area contributed by atoms with Gasteiger partial charge in [0.05, 0.1) is 19.8 Å². The minimum atomic E-state index is -0.998. The van der Waals surface area contributed by atoms with E-state index in [1.165, 1.54) is 0 Å². The zero-order valence-corrected chi connectivity index (χ0v) is 15.3. The van der Waals surface area contributed by atoms with Crippen LogP contribution in [-0.2, 0) is 9.47 Å². The fourth-order valence-electron chi connectivity index (χ4n) is 3.37. The molecule has 0 saturated carbocycles. The average Bonchev–Trinajstić information content (AvgIpc) is 3.16. The van der Waals surface area contributed by atoms with Crippen LogP contribution in [0.5, 0.6) is 11.5 Å². The van der Waals surface area contributed by atoms with Crippen molar-refractivity contribution in [2.75, 3.05) is 19.0 Å². The molecule has 5 unspecified atom stereocenters. The molecule has 5 atom stereocenters. The first-order valence-electron chi connectivity index (χ1n) is 9.02. The quantitative estimate of drug-likeness (QED) is 0.724. The van der Waals surface area contributed by atoms with E-state index in [-0.39, 0.29) is 6.61 Å². The van der Waals surface area contributed by atoms with Crippen LogP contribution in [0.4, 0.5) is 10.5 Å². The van der Waals surface area contributed by atoms with Gasteiger partial charge in [0.25, 0.3) is 0 Å². The number of carbonyl (C=O) groups is 1. The second-order valence-corrected chi connectivity index (χ2v) is 6.62. The summed E-state index contributed by atoms with van der Waals surface area (Å²) < 4.78 is 22.4. The molecule has 0 radical (unpaired) electrons. The first-order valence-corrected chi connectivity index (χ1v) is 9.02. The summed E-state index contributed by atoms with van der Waals surface area (Å²) in [4.78, 5) is 12.5. The Morgan fingerprint density at radius 2 is 1.93 bits per heavy atom. The Hall–Kier alpha value is -2.81. The minimum Gasteiger partial charge on any atom is -0.497 e. The Labute approximate surface area is 162 Å². The minimum absolute atomic E-state index is 0.264. The maximum absolute atomic E-state index is 12.5. The van der Waals surface area contributed by atoms with Crippen LogP contribution in [0.25, 0.3) is 0 Å². The first kappa shape index (κ1) is 18.5. The number of urea groups is 1. The zero-order chi connectivity index (χ0) is 19.5.